The van der Waals surface area contributed by atoms with Crippen molar-refractivity contribution in [3.05, 3.63) is 23.8 Å². The molecule has 1 aliphatic rings. The fourth-order valence-electron chi connectivity index (χ4n) is 1.93. The number of hydrogen-bond donors (Lipinski definition) is 1. The molecule has 0 radical (unpaired) electrons. The largest absolute Gasteiger partial charge is 0.487 e. The molecule has 0 amide bonds. The van der Waals surface area contributed by atoms with Crippen LogP contribution in [0.4, 0.5) is 5.69 Å². The molecule has 1 heterocycles. The lowest BCUT2D eigenvalue weighted by Gasteiger charge is -2.25. The van der Waals surface area contributed by atoms with Crippen LogP contribution in [0, 0.1) is 0 Å². The third-order valence-electron chi connectivity index (χ3n) is 3.00. The van der Waals surface area contributed by atoms with Crippen molar-refractivity contribution in [1.82, 2.24) is 4.90 Å². The minimum Gasteiger partial charge on any atom is -0.487 e. The van der Waals surface area contributed by atoms with Crippen molar-refractivity contribution < 1.29 is 9.53 Å². The highest BCUT2D eigenvalue weighted by molar-refractivity contribution is 5.97. The lowest BCUT2D eigenvalue weighted by Crippen LogP contribution is -2.27. The summed E-state index contributed by atoms with van der Waals surface area (Å²) < 4.78 is 5.68. The summed E-state index contributed by atoms with van der Waals surface area (Å²) >= 11 is 0. The molecule has 98 valence electrons. The van der Waals surface area contributed by atoms with Gasteiger partial charge in [-0.3, -0.25) is 4.79 Å². The van der Waals surface area contributed by atoms with E-state index in [-0.39, 0.29) is 11.9 Å². The van der Waals surface area contributed by atoms with E-state index in [1.807, 2.05) is 44.1 Å². The van der Waals surface area contributed by atoms with Gasteiger partial charge in [0.25, 0.3) is 0 Å². The Morgan fingerprint density at radius 1 is 1.50 bits per heavy atom. The number of ether oxygens (including phenoxy) is 1. The van der Waals surface area contributed by atoms with Gasteiger partial charge in [0.15, 0.2) is 5.78 Å². The van der Waals surface area contributed by atoms with Gasteiger partial charge in [-0.05, 0) is 39.2 Å². The predicted octanol–water partition coefficient (Wildman–Crippen LogP) is 2.01. The van der Waals surface area contributed by atoms with Gasteiger partial charge in [-0.15, -0.1) is 0 Å². The number of fused-ring (bicyclic) bond motifs is 1. The molecule has 0 bridgehead atoms. The molecule has 0 aromatic heterocycles. The van der Waals surface area contributed by atoms with E-state index in [1.54, 1.807) is 0 Å². The van der Waals surface area contributed by atoms with Crippen LogP contribution >= 0.6 is 0 Å². The Labute approximate surface area is 108 Å². The van der Waals surface area contributed by atoms with Crippen LogP contribution in [-0.2, 0) is 0 Å². The van der Waals surface area contributed by atoms with E-state index in [9.17, 15) is 4.79 Å². The molecule has 18 heavy (non-hydrogen) atoms. The number of carbonyl (C=O) groups excluding carboxylic acids is 1. The summed E-state index contributed by atoms with van der Waals surface area (Å²) in [5.74, 6) is 1.00. The standard InChI is InChI=1S/C14H20N2O2/c1-10-9-15-12-8-11(4-5-14(12)18-10)13(17)6-7-16(2)3/h4-5,8,10,15H,6-7,9H2,1-3H3. The molecule has 1 atom stereocenters. The summed E-state index contributed by atoms with van der Waals surface area (Å²) in [5, 5.41) is 3.28. The number of rotatable bonds is 4. The first-order valence-electron chi connectivity index (χ1n) is 6.29. The van der Waals surface area contributed by atoms with Crippen molar-refractivity contribution in [3.63, 3.8) is 0 Å². The van der Waals surface area contributed by atoms with Crippen LogP contribution < -0.4 is 10.1 Å². The highest BCUT2D eigenvalue weighted by atomic mass is 16.5. The van der Waals surface area contributed by atoms with Crippen molar-refractivity contribution in [1.29, 1.82) is 0 Å². The Morgan fingerprint density at radius 2 is 2.28 bits per heavy atom. The highest BCUT2D eigenvalue weighted by Gasteiger charge is 2.17. The van der Waals surface area contributed by atoms with Gasteiger partial charge in [0.05, 0.1) is 12.2 Å². The van der Waals surface area contributed by atoms with Crippen molar-refractivity contribution in [3.8, 4) is 5.75 Å². The van der Waals surface area contributed by atoms with Crippen LogP contribution in [0.5, 0.6) is 5.75 Å². The Hall–Kier alpha value is -1.55. The number of benzene rings is 1. The van der Waals surface area contributed by atoms with E-state index in [1.165, 1.54) is 0 Å². The fourth-order valence-corrected chi connectivity index (χ4v) is 1.93. The third-order valence-corrected chi connectivity index (χ3v) is 3.00. The summed E-state index contributed by atoms with van der Waals surface area (Å²) in [5.41, 5.74) is 1.67. The zero-order chi connectivity index (χ0) is 13.1. The number of Topliss-reactive ketones (excluding diaryl/α,β-unsaturated/α-hetero) is 1. The maximum absolute atomic E-state index is 12.0. The average Bonchev–Trinajstić information content (AvgIpc) is 2.35. The van der Waals surface area contributed by atoms with E-state index in [0.29, 0.717) is 6.42 Å². The molecular weight excluding hydrogens is 228 g/mol. The second-order valence-electron chi connectivity index (χ2n) is 5.00. The van der Waals surface area contributed by atoms with Crippen LogP contribution in [0.3, 0.4) is 0 Å². The Bertz CT molecular complexity index is 443. The zero-order valence-electron chi connectivity index (χ0n) is 11.2. The van der Waals surface area contributed by atoms with Crippen molar-refractivity contribution in [2.45, 2.75) is 19.4 Å². The molecule has 1 unspecified atom stereocenters. The van der Waals surface area contributed by atoms with Gasteiger partial charge in [-0.2, -0.15) is 0 Å². The number of nitrogens with zero attached hydrogens (tertiary/aromatic N) is 1. The van der Waals surface area contributed by atoms with Gasteiger partial charge in [0.1, 0.15) is 11.9 Å². The van der Waals surface area contributed by atoms with Gasteiger partial charge in [-0.1, -0.05) is 0 Å². The van der Waals surface area contributed by atoms with E-state index in [0.717, 1.165) is 30.1 Å². The number of carbonyl (C=O) groups is 1. The number of hydrogen-bond acceptors (Lipinski definition) is 4. The number of ketones is 1. The molecule has 0 aliphatic carbocycles. The van der Waals surface area contributed by atoms with Gasteiger partial charge in [0.2, 0.25) is 0 Å². The molecule has 0 fully saturated rings. The molecular formula is C14H20N2O2. The summed E-state index contributed by atoms with van der Waals surface area (Å²) in [6.07, 6.45) is 0.719. The summed E-state index contributed by atoms with van der Waals surface area (Å²) in [6.45, 7) is 3.57. The second kappa shape index (κ2) is 5.40. The van der Waals surface area contributed by atoms with Crippen molar-refractivity contribution >= 4 is 11.5 Å². The first-order valence-corrected chi connectivity index (χ1v) is 6.29. The Balaban J connectivity index is 2.09. The second-order valence-corrected chi connectivity index (χ2v) is 5.00. The molecule has 4 heteroatoms. The monoisotopic (exact) mass is 248 g/mol. The first kappa shape index (κ1) is 12.9. The fraction of sp³-hybridized carbons (Fsp3) is 0.500. The normalized spacial score (nSPS) is 17.9. The van der Waals surface area contributed by atoms with Crippen molar-refractivity contribution in [2.75, 3.05) is 32.5 Å². The Kier molecular flexibility index (Phi) is 3.87. The van der Waals surface area contributed by atoms with E-state index < -0.39 is 0 Å². The average molecular weight is 248 g/mol. The number of anilines is 1. The van der Waals surface area contributed by atoms with Gasteiger partial charge in [0, 0.05) is 18.5 Å². The maximum Gasteiger partial charge on any atom is 0.164 e. The quantitative estimate of drug-likeness (QED) is 0.828. The molecule has 1 aromatic rings. The molecule has 1 N–H and O–H groups in total. The van der Waals surface area contributed by atoms with Crippen LogP contribution in [0.25, 0.3) is 0 Å². The molecule has 0 saturated carbocycles. The van der Waals surface area contributed by atoms with E-state index in [2.05, 4.69) is 5.32 Å². The molecule has 2 rings (SSSR count). The van der Waals surface area contributed by atoms with Crippen LogP contribution in [-0.4, -0.2) is 44.0 Å². The zero-order valence-corrected chi connectivity index (χ0v) is 11.2. The lowest BCUT2D eigenvalue weighted by atomic mass is 10.1. The van der Waals surface area contributed by atoms with E-state index in [4.69, 9.17) is 4.74 Å². The summed E-state index contributed by atoms with van der Waals surface area (Å²) in [7, 11) is 3.94. The van der Waals surface area contributed by atoms with Gasteiger partial charge in [-0.25, -0.2) is 0 Å². The van der Waals surface area contributed by atoms with Crippen LogP contribution in [0.1, 0.15) is 23.7 Å². The number of nitrogens with one attached hydrogen (secondary N) is 1. The Morgan fingerprint density at radius 3 is 3.00 bits per heavy atom. The van der Waals surface area contributed by atoms with E-state index >= 15 is 0 Å². The molecule has 0 spiro atoms. The smallest absolute Gasteiger partial charge is 0.164 e. The highest BCUT2D eigenvalue weighted by Crippen LogP contribution is 2.30. The van der Waals surface area contributed by atoms with Gasteiger partial charge >= 0.3 is 0 Å². The topological polar surface area (TPSA) is 41.6 Å². The van der Waals surface area contributed by atoms with Crippen molar-refractivity contribution in [2.24, 2.45) is 0 Å². The minimum atomic E-state index is 0.173. The third kappa shape index (κ3) is 3.01. The van der Waals surface area contributed by atoms with Crippen LogP contribution in [0.2, 0.25) is 0 Å². The van der Waals surface area contributed by atoms with Gasteiger partial charge < -0.3 is 15.0 Å². The predicted molar refractivity (Wildman–Crippen MR) is 72.5 cm³/mol. The summed E-state index contributed by atoms with van der Waals surface area (Å²) in [6, 6.07) is 5.61. The molecule has 1 aromatic carbocycles. The maximum atomic E-state index is 12.0. The summed E-state index contributed by atoms with van der Waals surface area (Å²) in [4.78, 5) is 14.0. The molecule has 4 nitrogen and oxygen atoms in total. The molecule has 1 aliphatic heterocycles. The first-order chi connectivity index (χ1) is 8.56. The van der Waals surface area contributed by atoms with Crippen LogP contribution in [0.15, 0.2) is 18.2 Å². The lowest BCUT2D eigenvalue weighted by molar-refractivity contribution is 0.0972. The molecule has 0 saturated heterocycles. The SMILES string of the molecule is CC1CNc2cc(C(=O)CCN(C)C)ccc2O1. The minimum absolute atomic E-state index is 0.173.